The van der Waals surface area contributed by atoms with Crippen LogP contribution in [0.2, 0.25) is 0 Å². The van der Waals surface area contributed by atoms with E-state index in [1.54, 1.807) is 11.8 Å². The molecule has 4 fully saturated rings. The SMILES string of the molecule is CSc1cccc(NC(=O)[C@H]2[C@@H]3C=C[C@]4(O3)[C@@H]2C(=O)N(C2CCC(C)CC2)[C@@H]4C(=O)NC2CCCCC2)c1. The van der Waals surface area contributed by atoms with E-state index in [-0.39, 0.29) is 29.8 Å². The predicted octanol–water partition coefficient (Wildman–Crippen LogP) is 4.53. The normalized spacial score (nSPS) is 36.4. The van der Waals surface area contributed by atoms with Crippen LogP contribution in [0, 0.1) is 17.8 Å². The van der Waals surface area contributed by atoms with Gasteiger partial charge in [-0.15, -0.1) is 11.8 Å². The van der Waals surface area contributed by atoms with Crippen LogP contribution in [0.15, 0.2) is 41.3 Å². The topological polar surface area (TPSA) is 87.7 Å². The second-order valence-corrected chi connectivity index (χ2v) is 12.8. The second-order valence-electron chi connectivity index (χ2n) is 11.9. The quantitative estimate of drug-likeness (QED) is 0.411. The van der Waals surface area contributed by atoms with Gasteiger partial charge in [0.15, 0.2) is 0 Å². The summed E-state index contributed by atoms with van der Waals surface area (Å²) in [6.45, 7) is 2.25. The number of anilines is 1. The average molecular weight is 538 g/mol. The Kier molecular flexibility index (Phi) is 7.06. The smallest absolute Gasteiger partial charge is 0.246 e. The van der Waals surface area contributed by atoms with Crippen molar-refractivity contribution in [3.05, 3.63) is 36.4 Å². The molecule has 5 atom stereocenters. The van der Waals surface area contributed by atoms with Crippen molar-refractivity contribution in [3.8, 4) is 0 Å². The van der Waals surface area contributed by atoms with Gasteiger partial charge in [-0.2, -0.15) is 0 Å². The fourth-order valence-corrected chi connectivity index (χ4v) is 8.03. The maximum Gasteiger partial charge on any atom is 0.246 e. The Morgan fingerprint density at radius 2 is 1.82 bits per heavy atom. The Bertz CT molecular complexity index is 1130. The minimum absolute atomic E-state index is 0.00111. The maximum absolute atomic E-state index is 14.3. The van der Waals surface area contributed by atoms with Gasteiger partial charge in [0.05, 0.1) is 17.9 Å². The average Bonchev–Trinajstić information content (AvgIpc) is 3.57. The summed E-state index contributed by atoms with van der Waals surface area (Å²) in [7, 11) is 0. The van der Waals surface area contributed by atoms with Crippen LogP contribution in [0.5, 0.6) is 0 Å². The van der Waals surface area contributed by atoms with Crippen LogP contribution in [0.4, 0.5) is 5.69 Å². The molecule has 2 bridgehead atoms. The summed E-state index contributed by atoms with van der Waals surface area (Å²) in [6.07, 6.45) is 14.5. The van der Waals surface area contributed by atoms with E-state index in [2.05, 4.69) is 17.6 Å². The third-order valence-corrected chi connectivity index (χ3v) is 10.3. The van der Waals surface area contributed by atoms with Crippen LogP contribution >= 0.6 is 11.8 Å². The van der Waals surface area contributed by atoms with Crippen molar-refractivity contribution in [1.29, 1.82) is 0 Å². The van der Waals surface area contributed by atoms with Crippen LogP contribution in [-0.4, -0.2) is 58.7 Å². The standard InChI is InChI=1S/C30H39N3O4S/c1-18-11-13-21(14-12-18)33-26(28(35)31-19-7-4-3-5-8-19)30-16-15-23(37-30)24(25(30)29(33)36)27(34)32-20-9-6-10-22(17-20)38-2/h6,9-10,15-19,21,23-26H,3-5,7-8,11-14H2,1-2H3,(H,31,35)(H,32,34)/t18?,21?,23-,24-,25-,26+,30-/m0/s1. The lowest BCUT2D eigenvalue weighted by Gasteiger charge is -2.40. The zero-order chi connectivity index (χ0) is 26.4. The van der Waals surface area contributed by atoms with Crippen molar-refractivity contribution >= 4 is 35.2 Å². The van der Waals surface area contributed by atoms with E-state index >= 15 is 0 Å². The Morgan fingerprint density at radius 3 is 2.55 bits per heavy atom. The Labute approximate surface area is 229 Å². The molecule has 7 nitrogen and oxygen atoms in total. The van der Waals surface area contributed by atoms with E-state index in [4.69, 9.17) is 4.74 Å². The number of likely N-dealkylation sites (tertiary alicyclic amines) is 1. The molecule has 6 rings (SSSR count). The molecule has 204 valence electrons. The third-order valence-electron chi connectivity index (χ3n) is 9.53. The highest BCUT2D eigenvalue weighted by Crippen LogP contribution is 2.56. The molecular formula is C30H39N3O4S. The van der Waals surface area contributed by atoms with Crippen molar-refractivity contribution in [2.45, 2.75) is 99.4 Å². The second kappa shape index (κ2) is 10.3. The molecule has 3 aliphatic heterocycles. The number of amides is 3. The summed E-state index contributed by atoms with van der Waals surface area (Å²) in [6, 6.07) is 7.12. The Balaban J connectivity index is 1.31. The van der Waals surface area contributed by atoms with Crippen molar-refractivity contribution in [2.24, 2.45) is 17.8 Å². The molecule has 1 spiro atoms. The van der Waals surface area contributed by atoms with E-state index in [9.17, 15) is 14.4 Å². The number of benzene rings is 1. The minimum Gasteiger partial charge on any atom is -0.359 e. The van der Waals surface area contributed by atoms with Gasteiger partial charge in [0.2, 0.25) is 17.7 Å². The van der Waals surface area contributed by atoms with Crippen LogP contribution in [-0.2, 0) is 19.1 Å². The summed E-state index contributed by atoms with van der Waals surface area (Å²) in [4.78, 5) is 44.9. The monoisotopic (exact) mass is 537 g/mol. The number of thioether (sulfide) groups is 1. The molecule has 8 heteroatoms. The van der Waals surface area contributed by atoms with Gasteiger partial charge in [0.1, 0.15) is 11.6 Å². The molecule has 3 amide bonds. The number of hydrogen-bond acceptors (Lipinski definition) is 5. The first-order valence-electron chi connectivity index (χ1n) is 14.4. The van der Waals surface area contributed by atoms with Gasteiger partial charge in [-0.1, -0.05) is 44.4 Å². The number of nitrogens with zero attached hydrogens (tertiary/aromatic N) is 1. The molecule has 2 saturated carbocycles. The molecule has 5 aliphatic rings. The fourth-order valence-electron chi connectivity index (χ4n) is 7.57. The summed E-state index contributed by atoms with van der Waals surface area (Å²) in [5.74, 6) is -1.17. The molecule has 2 aliphatic carbocycles. The van der Waals surface area contributed by atoms with E-state index in [0.29, 0.717) is 11.6 Å². The predicted molar refractivity (Wildman–Crippen MR) is 148 cm³/mol. The number of nitrogens with one attached hydrogen (secondary N) is 2. The maximum atomic E-state index is 14.3. The largest absolute Gasteiger partial charge is 0.359 e. The highest BCUT2D eigenvalue weighted by atomic mass is 32.2. The molecule has 3 heterocycles. The number of carbonyl (C=O) groups excluding carboxylic acids is 3. The zero-order valence-corrected chi connectivity index (χ0v) is 23.2. The first-order valence-corrected chi connectivity index (χ1v) is 15.6. The van der Waals surface area contributed by atoms with Gasteiger partial charge >= 0.3 is 0 Å². The first kappa shape index (κ1) is 25.9. The summed E-state index contributed by atoms with van der Waals surface area (Å²) in [5.41, 5.74) is -0.384. The molecule has 2 saturated heterocycles. The van der Waals surface area contributed by atoms with Gasteiger partial charge in [-0.25, -0.2) is 0 Å². The number of ether oxygens (including phenoxy) is 1. The Hall–Kier alpha value is -2.32. The lowest BCUT2D eigenvalue weighted by molar-refractivity contribution is -0.145. The first-order chi connectivity index (χ1) is 18.4. The summed E-state index contributed by atoms with van der Waals surface area (Å²) >= 11 is 1.61. The van der Waals surface area contributed by atoms with Crippen molar-refractivity contribution < 1.29 is 19.1 Å². The van der Waals surface area contributed by atoms with Gasteiger partial charge in [-0.3, -0.25) is 14.4 Å². The van der Waals surface area contributed by atoms with Crippen LogP contribution in [0.1, 0.15) is 64.7 Å². The van der Waals surface area contributed by atoms with Gasteiger partial charge in [0.25, 0.3) is 0 Å². The molecule has 0 aromatic heterocycles. The highest BCUT2D eigenvalue weighted by molar-refractivity contribution is 7.98. The van der Waals surface area contributed by atoms with Gasteiger partial charge in [-0.05, 0) is 68.9 Å². The lowest BCUT2D eigenvalue weighted by Crippen LogP contribution is -2.58. The van der Waals surface area contributed by atoms with Crippen molar-refractivity contribution in [1.82, 2.24) is 10.2 Å². The zero-order valence-electron chi connectivity index (χ0n) is 22.4. The van der Waals surface area contributed by atoms with Crippen molar-refractivity contribution in [3.63, 3.8) is 0 Å². The molecular weight excluding hydrogens is 498 g/mol. The molecule has 0 radical (unpaired) electrons. The summed E-state index contributed by atoms with van der Waals surface area (Å²) in [5, 5.41) is 6.34. The minimum atomic E-state index is -1.09. The Morgan fingerprint density at radius 1 is 1.05 bits per heavy atom. The van der Waals surface area contributed by atoms with Crippen LogP contribution in [0.3, 0.4) is 0 Å². The van der Waals surface area contributed by atoms with Gasteiger partial charge in [0, 0.05) is 22.7 Å². The van der Waals surface area contributed by atoms with E-state index < -0.39 is 29.6 Å². The molecule has 2 N–H and O–H groups in total. The lowest BCUT2D eigenvalue weighted by atomic mass is 9.74. The van der Waals surface area contributed by atoms with E-state index in [0.717, 1.165) is 56.3 Å². The summed E-state index contributed by atoms with van der Waals surface area (Å²) < 4.78 is 6.54. The van der Waals surface area contributed by atoms with Crippen molar-refractivity contribution in [2.75, 3.05) is 11.6 Å². The number of fused-ring (bicyclic) bond motifs is 1. The van der Waals surface area contributed by atoms with Gasteiger partial charge < -0.3 is 20.3 Å². The molecule has 1 aromatic rings. The van der Waals surface area contributed by atoms with Crippen LogP contribution in [0.25, 0.3) is 0 Å². The molecule has 0 unspecified atom stereocenters. The third kappa shape index (κ3) is 4.37. The molecule has 1 aromatic carbocycles. The van der Waals surface area contributed by atoms with Crippen LogP contribution < -0.4 is 10.6 Å². The molecule has 38 heavy (non-hydrogen) atoms. The van der Waals surface area contributed by atoms with E-state index in [1.807, 2.05) is 47.6 Å². The number of hydrogen-bond donors (Lipinski definition) is 2. The number of rotatable bonds is 6. The number of carbonyl (C=O) groups is 3. The highest BCUT2D eigenvalue weighted by Gasteiger charge is 2.73. The fraction of sp³-hybridized carbons (Fsp3) is 0.633. The van der Waals surface area contributed by atoms with E-state index in [1.165, 1.54) is 6.42 Å².